The molecular formula is C13H14N4O. The summed E-state index contributed by atoms with van der Waals surface area (Å²) in [4.78, 5) is 4.39. The first-order chi connectivity index (χ1) is 8.72. The van der Waals surface area contributed by atoms with Crippen LogP contribution in [0.2, 0.25) is 0 Å². The first-order valence-corrected chi connectivity index (χ1v) is 5.82. The SMILES string of the molecule is Cn1ccc(CC(O)c2cn3ccccc3n2)n1. The Morgan fingerprint density at radius 3 is 2.89 bits per heavy atom. The van der Waals surface area contributed by atoms with Crippen LogP contribution in [0.3, 0.4) is 0 Å². The molecule has 0 amide bonds. The van der Waals surface area contributed by atoms with Gasteiger partial charge in [-0.3, -0.25) is 4.68 Å². The van der Waals surface area contributed by atoms with E-state index < -0.39 is 6.10 Å². The van der Waals surface area contributed by atoms with E-state index in [4.69, 9.17) is 0 Å². The second-order valence-corrected chi connectivity index (χ2v) is 4.33. The molecule has 18 heavy (non-hydrogen) atoms. The quantitative estimate of drug-likeness (QED) is 0.754. The Morgan fingerprint density at radius 1 is 1.28 bits per heavy atom. The van der Waals surface area contributed by atoms with Crippen LogP contribution in [0.1, 0.15) is 17.5 Å². The van der Waals surface area contributed by atoms with Gasteiger partial charge in [0.1, 0.15) is 11.8 Å². The van der Waals surface area contributed by atoms with Crippen molar-refractivity contribution >= 4 is 5.65 Å². The van der Waals surface area contributed by atoms with Crippen molar-refractivity contribution in [2.45, 2.75) is 12.5 Å². The third-order valence-corrected chi connectivity index (χ3v) is 2.90. The molecule has 92 valence electrons. The second kappa shape index (κ2) is 4.27. The van der Waals surface area contributed by atoms with Gasteiger partial charge in [0.25, 0.3) is 0 Å². The third-order valence-electron chi connectivity index (χ3n) is 2.90. The van der Waals surface area contributed by atoms with E-state index in [1.807, 2.05) is 54.3 Å². The van der Waals surface area contributed by atoms with Gasteiger partial charge in [-0.05, 0) is 18.2 Å². The molecular weight excluding hydrogens is 228 g/mol. The van der Waals surface area contributed by atoms with Crippen LogP contribution in [0.25, 0.3) is 5.65 Å². The zero-order valence-corrected chi connectivity index (χ0v) is 10.1. The number of imidazole rings is 1. The summed E-state index contributed by atoms with van der Waals surface area (Å²) in [6, 6.07) is 7.68. The van der Waals surface area contributed by atoms with Crippen LogP contribution in [-0.4, -0.2) is 24.3 Å². The lowest BCUT2D eigenvalue weighted by Gasteiger charge is -2.04. The predicted octanol–water partition coefficient (Wildman–Crippen LogP) is 1.34. The highest BCUT2D eigenvalue weighted by atomic mass is 16.3. The van der Waals surface area contributed by atoms with Gasteiger partial charge in [-0.25, -0.2) is 4.98 Å². The van der Waals surface area contributed by atoms with Crippen molar-refractivity contribution in [1.29, 1.82) is 0 Å². The molecule has 1 N–H and O–H groups in total. The molecule has 5 heteroatoms. The fourth-order valence-corrected chi connectivity index (χ4v) is 1.99. The van der Waals surface area contributed by atoms with Gasteiger partial charge in [0, 0.05) is 32.1 Å². The molecule has 0 aliphatic heterocycles. The van der Waals surface area contributed by atoms with Gasteiger partial charge >= 0.3 is 0 Å². The van der Waals surface area contributed by atoms with E-state index >= 15 is 0 Å². The minimum Gasteiger partial charge on any atom is -0.386 e. The predicted molar refractivity (Wildman–Crippen MR) is 67.1 cm³/mol. The molecule has 3 heterocycles. The number of rotatable bonds is 3. The number of aliphatic hydroxyl groups excluding tert-OH is 1. The Balaban J connectivity index is 1.85. The number of aliphatic hydroxyl groups is 1. The molecule has 1 unspecified atom stereocenters. The molecule has 0 fully saturated rings. The lowest BCUT2D eigenvalue weighted by Crippen LogP contribution is -2.03. The van der Waals surface area contributed by atoms with E-state index in [-0.39, 0.29) is 0 Å². The number of aryl methyl sites for hydroxylation is 1. The minimum atomic E-state index is -0.625. The van der Waals surface area contributed by atoms with Gasteiger partial charge in [0.2, 0.25) is 0 Å². The summed E-state index contributed by atoms with van der Waals surface area (Å²) in [5.74, 6) is 0. The minimum absolute atomic E-state index is 0.477. The summed E-state index contributed by atoms with van der Waals surface area (Å²) in [6.45, 7) is 0. The molecule has 3 aromatic rings. The smallest absolute Gasteiger partial charge is 0.137 e. The summed E-state index contributed by atoms with van der Waals surface area (Å²) in [7, 11) is 1.86. The number of hydrogen-bond acceptors (Lipinski definition) is 3. The van der Waals surface area contributed by atoms with Crippen molar-refractivity contribution in [3.05, 3.63) is 54.2 Å². The maximum Gasteiger partial charge on any atom is 0.137 e. The molecule has 0 saturated carbocycles. The van der Waals surface area contributed by atoms with Crippen molar-refractivity contribution in [3.8, 4) is 0 Å². The van der Waals surface area contributed by atoms with Crippen LogP contribution in [0.15, 0.2) is 42.9 Å². The monoisotopic (exact) mass is 242 g/mol. The standard InChI is InChI=1S/C13H14N4O/c1-16-7-5-10(15-16)8-12(18)11-9-17-6-3-2-4-13(17)14-11/h2-7,9,12,18H,8H2,1H3. The van der Waals surface area contributed by atoms with Crippen molar-refractivity contribution in [2.75, 3.05) is 0 Å². The zero-order valence-electron chi connectivity index (χ0n) is 10.1. The molecule has 0 aliphatic rings. The number of hydrogen-bond donors (Lipinski definition) is 1. The van der Waals surface area contributed by atoms with Crippen LogP contribution in [0.4, 0.5) is 0 Å². The lowest BCUT2D eigenvalue weighted by molar-refractivity contribution is 0.173. The molecule has 0 aliphatic carbocycles. The largest absolute Gasteiger partial charge is 0.386 e. The van der Waals surface area contributed by atoms with Gasteiger partial charge in [-0.1, -0.05) is 6.07 Å². The summed E-state index contributed by atoms with van der Waals surface area (Å²) in [5, 5.41) is 14.4. The molecule has 0 bridgehead atoms. The summed E-state index contributed by atoms with van der Waals surface area (Å²) >= 11 is 0. The molecule has 3 rings (SSSR count). The van der Waals surface area contributed by atoms with Crippen molar-refractivity contribution < 1.29 is 5.11 Å². The Hall–Kier alpha value is -2.14. The van der Waals surface area contributed by atoms with Crippen LogP contribution in [-0.2, 0) is 13.5 Å². The van der Waals surface area contributed by atoms with Crippen LogP contribution in [0, 0.1) is 0 Å². The van der Waals surface area contributed by atoms with Gasteiger partial charge in [0.15, 0.2) is 0 Å². The summed E-state index contributed by atoms with van der Waals surface area (Å²) < 4.78 is 3.63. The first-order valence-electron chi connectivity index (χ1n) is 5.82. The number of fused-ring (bicyclic) bond motifs is 1. The van der Waals surface area contributed by atoms with Gasteiger partial charge in [0.05, 0.1) is 11.4 Å². The molecule has 0 aromatic carbocycles. The van der Waals surface area contributed by atoms with Crippen molar-refractivity contribution in [3.63, 3.8) is 0 Å². The highest BCUT2D eigenvalue weighted by Gasteiger charge is 2.13. The van der Waals surface area contributed by atoms with Gasteiger partial charge in [-0.2, -0.15) is 5.10 Å². The highest BCUT2D eigenvalue weighted by Crippen LogP contribution is 2.17. The Kier molecular flexibility index (Phi) is 2.60. The average molecular weight is 242 g/mol. The zero-order chi connectivity index (χ0) is 12.5. The van der Waals surface area contributed by atoms with E-state index in [1.165, 1.54) is 0 Å². The van der Waals surface area contributed by atoms with Gasteiger partial charge < -0.3 is 9.51 Å². The molecule has 0 saturated heterocycles. The van der Waals surface area contributed by atoms with E-state index in [2.05, 4.69) is 10.1 Å². The van der Waals surface area contributed by atoms with Crippen LogP contribution < -0.4 is 0 Å². The topological polar surface area (TPSA) is 55.4 Å². The van der Waals surface area contributed by atoms with Crippen LogP contribution in [0.5, 0.6) is 0 Å². The van der Waals surface area contributed by atoms with E-state index in [0.29, 0.717) is 12.1 Å². The third kappa shape index (κ3) is 2.00. The van der Waals surface area contributed by atoms with Gasteiger partial charge in [-0.15, -0.1) is 0 Å². The van der Waals surface area contributed by atoms with E-state index in [1.54, 1.807) is 4.68 Å². The molecule has 0 radical (unpaired) electrons. The summed E-state index contributed by atoms with van der Waals surface area (Å²) in [5.41, 5.74) is 2.38. The molecule has 3 aromatic heterocycles. The number of pyridine rings is 1. The molecule has 5 nitrogen and oxygen atoms in total. The fraction of sp³-hybridized carbons (Fsp3) is 0.231. The maximum absolute atomic E-state index is 10.2. The Bertz CT molecular complexity index is 637. The maximum atomic E-state index is 10.2. The lowest BCUT2D eigenvalue weighted by atomic mass is 10.1. The first kappa shape index (κ1) is 11.0. The summed E-state index contributed by atoms with van der Waals surface area (Å²) in [6.07, 6.45) is 5.48. The Morgan fingerprint density at radius 2 is 2.17 bits per heavy atom. The normalized spacial score (nSPS) is 13.0. The van der Waals surface area contributed by atoms with E-state index in [9.17, 15) is 5.11 Å². The second-order valence-electron chi connectivity index (χ2n) is 4.33. The fourth-order valence-electron chi connectivity index (χ4n) is 1.99. The van der Waals surface area contributed by atoms with Crippen molar-refractivity contribution in [2.24, 2.45) is 7.05 Å². The van der Waals surface area contributed by atoms with E-state index in [0.717, 1.165) is 11.3 Å². The number of aromatic nitrogens is 4. The molecule has 1 atom stereocenters. The van der Waals surface area contributed by atoms with Crippen molar-refractivity contribution in [1.82, 2.24) is 19.2 Å². The Labute approximate surface area is 104 Å². The highest BCUT2D eigenvalue weighted by molar-refractivity contribution is 5.39. The molecule has 0 spiro atoms. The number of nitrogens with zero attached hydrogens (tertiary/aromatic N) is 4. The average Bonchev–Trinajstić information content (AvgIpc) is 2.95. The van der Waals surface area contributed by atoms with Crippen LogP contribution >= 0.6 is 0 Å².